The Balaban J connectivity index is 2.30. The fourth-order valence-electron chi connectivity index (χ4n) is 1.23. The van der Waals surface area contributed by atoms with E-state index in [-0.39, 0.29) is 0 Å². The smallest absolute Gasteiger partial charge is 0.167 e. The van der Waals surface area contributed by atoms with Gasteiger partial charge in [0, 0.05) is 6.07 Å². The van der Waals surface area contributed by atoms with E-state index in [9.17, 15) is 0 Å². The topological polar surface area (TPSA) is 55.3 Å². The molecule has 0 aliphatic carbocycles. The second-order valence-corrected chi connectivity index (χ2v) is 4.14. The van der Waals surface area contributed by atoms with Gasteiger partial charge in [-0.1, -0.05) is 19.0 Å². The second kappa shape index (κ2) is 5.00. The quantitative estimate of drug-likeness (QED) is 0.781. The fraction of sp³-hybridized carbons (Fsp3) is 0.700. The van der Waals surface area contributed by atoms with Crippen molar-refractivity contribution in [1.29, 1.82) is 0 Å². The number of nitrogens with zero attached hydrogens (tertiary/aromatic N) is 2. The Labute approximate surface area is 85.1 Å². The highest BCUT2D eigenvalue weighted by Gasteiger charge is 2.05. The van der Waals surface area contributed by atoms with Crippen molar-refractivity contribution in [3.05, 3.63) is 11.8 Å². The maximum absolute atomic E-state index is 5.45. The van der Waals surface area contributed by atoms with E-state index in [0.29, 0.717) is 5.82 Å². The Kier molecular flexibility index (Phi) is 3.95. The van der Waals surface area contributed by atoms with E-state index in [2.05, 4.69) is 31.0 Å². The molecular weight excluding hydrogens is 178 g/mol. The van der Waals surface area contributed by atoms with Crippen LogP contribution in [0.15, 0.2) is 10.6 Å². The van der Waals surface area contributed by atoms with E-state index in [1.54, 1.807) is 6.07 Å². The number of nitrogen functional groups attached to an aromatic ring is 1. The molecule has 2 N–H and O–H groups in total. The van der Waals surface area contributed by atoms with Crippen molar-refractivity contribution in [2.45, 2.75) is 26.8 Å². The summed E-state index contributed by atoms with van der Waals surface area (Å²) in [5.74, 6) is 2.02. The van der Waals surface area contributed by atoms with Crippen LogP contribution in [0.2, 0.25) is 0 Å². The van der Waals surface area contributed by atoms with Gasteiger partial charge in [-0.15, -0.1) is 0 Å². The Morgan fingerprint density at radius 2 is 2.29 bits per heavy atom. The van der Waals surface area contributed by atoms with Crippen molar-refractivity contribution in [3.8, 4) is 0 Å². The van der Waals surface area contributed by atoms with Gasteiger partial charge < -0.3 is 10.3 Å². The number of aromatic nitrogens is 1. The van der Waals surface area contributed by atoms with Crippen LogP contribution in [0.5, 0.6) is 0 Å². The molecule has 1 aromatic heterocycles. The van der Waals surface area contributed by atoms with E-state index in [1.807, 2.05) is 0 Å². The molecule has 1 aromatic rings. The molecule has 1 rings (SSSR count). The van der Waals surface area contributed by atoms with Crippen LogP contribution in [0, 0.1) is 5.92 Å². The molecule has 1 heterocycles. The van der Waals surface area contributed by atoms with E-state index in [1.165, 1.54) is 6.42 Å². The van der Waals surface area contributed by atoms with Crippen LogP contribution < -0.4 is 5.73 Å². The minimum Gasteiger partial charge on any atom is -0.381 e. The number of hydrogen-bond donors (Lipinski definition) is 1. The van der Waals surface area contributed by atoms with Crippen LogP contribution in [-0.2, 0) is 6.54 Å². The van der Waals surface area contributed by atoms with Crippen molar-refractivity contribution in [2.75, 3.05) is 19.3 Å². The zero-order valence-electron chi connectivity index (χ0n) is 9.16. The third kappa shape index (κ3) is 3.79. The molecule has 0 amide bonds. The van der Waals surface area contributed by atoms with Crippen molar-refractivity contribution in [2.24, 2.45) is 5.92 Å². The maximum atomic E-state index is 5.45. The standard InChI is InChI=1S/C10H19N3O/c1-8(2)4-5-13(3)7-9-6-10(11)12-14-9/h6,8H,4-5,7H2,1-3H3,(H2,11,12). The lowest BCUT2D eigenvalue weighted by molar-refractivity contribution is 0.260. The summed E-state index contributed by atoms with van der Waals surface area (Å²) in [6, 6.07) is 1.77. The predicted molar refractivity (Wildman–Crippen MR) is 56.7 cm³/mol. The van der Waals surface area contributed by atoms with Crippen LogP contribution in [-0.4, -0.2) is 23.6 Å². The molecule has 0 aliphatic rings. The maximum Gasteiger partial charge on any atom is 0.167 e. The minimum atomic E-state index is 0.456. The van der Waals surface area contributed by atoms with Crippen LogP contribution in [0.25, 0.3) is 0 Å². The Bertz CT molecular complexity index is 270. The average Bonchev–Trinajstić information content (AvgIpc) is 2.48. The van der Waals surface area contributed by atoms with Gasteiger partial charge in [0.05, 0.1) is 6.54 Å². The summed E-state index contributed by atoms with van der Waals surface area (Å²) in [6.07, 6.45) is 1.19. The Morgan fingerprint density at radius 3 is 2.79 bits per heavy atom. The number of hydrogen-bond acceptors (Lipinski definition) is 4. The molecule has 0 unspecified atom stereocenters. The first-order valence-corrected chi connectivity index (χ1v) is 4.97. The summed E-state index contributed by atoms with van der Waals surface area (Å²) < 4.78 is 5.03. The molecule has 0 aromatic carbocycles. The lowest BCUT2D eigenvalue weighted by Crippen LogP contribution is -2.19. The normalized spacial score (nSPS) is 11.5. The molecule has 0 saturated heterocycles. The average molecular weight is 197 g/mol. The van der Waals surface area contributed by atoms with Gasteiger partial charge >= 0.3 is 0 Å². The molecule has 80 valence electrons. The fourth-order valence-corrected chi connectivity index (χ4v) is 1.23. The molecule has 0 aliphatic heterocycles. The first kappa shape index (κ1) is 11.0. The van der Waals surface area contributed by atoms with E-state index < -0.39 is 0 Å². The summed E-state index contributed by atoms with van der Waals surface area (Å²) in [5.41, 5.74) is 5.45. The lowest BCUT2D eigenvalue weighted by atomic mass is 10.1. The first-order valence-electron chi connectivity index (χ1n) is 4.97. The van der Waals surface area contributed by atoms with Crippen molar-refractivity contribution in [3.63, 3.8) is 0 Å². The second-order valence-electron chi connectivity index (χ2n) is 4.14. The number of rotatable bonds is 5. The van der Waals surface area contributed by atoms with Gasteiger partial charge in [0.1, 0.15) is 0 Å². The summed E-state index contributed by atoms with van der Waals surface area (Å²) in [5, 5.41) is 3.64. The molecule has 0 spiro atoms. The molecular formula is C10H19N3O. The molecule has 0 atom stereocenters. The Hall–Kier alpha value is -1.03. The third-order valence-corrected chi connectivity index (χ3v) is 2.09. The van der Waals surface area contributed by atoms with Gasteiger partial charge in [-0.2, -0.15) is 0 Å². The van der Waals surface area contributed by atoms with E-state index in [0.717, 1.165) is 24.8 Å². The van der Waals surface area contributed by atoms with Gasteiger partial charge in [0.2, 0.25) is 0 Å². The van der Waals surface area contributed by atoms with Gasteiger partial charge in [-0.25, -0.2) is 0 Å². The largest absolute Gasteiger partial charge is 0.381 e. The highest BCUT2D eigenvalue weighted by atomic mass is 16.5. The number of anilines is 1. The molecule has 0 radical (unpaired) electrons. The predicted octanol–water partition coefficient (Wildman–Crippen LogP) is 1.73. The summed E-state index contributed by atoms with van der Waals surface area (Å²) >= 11 is 0. The highest BCUT2D eigenvalue weighted by Crippen LogP contribution is 2.08. The zero-order chi connectivity index (χ0) is 10.6. The monoisotopic (exact) mass is 197 g/mol. The van der Waals surface area contributed by atoms with Gasteiger partial charge in [-0.05, 0) is 25.9 Å². The summed E-state index contributed by atoms with van der Waals surface area (Å²) in [6.45, 7) is 6.29. The van der Waals surface area contributed by atoms with Crippen LogP contribution in [0.1, 0.15) is 26.0 Å². The van der Waals surface area contributed by atoms with Crippen molar-refractivity contribution >= 4 is 5.82 Å². The lowest BCUT2D eigenvalue weighted by Gasteiger charge is -2.15. The van der Waals surface area contributed by atoms with Crippen LogP contribution in [0.4, 0.5) is 5.82 Å². The molecule has 0 saturated carbocycles. The molecule has 4 nitrogen and oxygen atoms in total. The van der Waals surface area contributed by atoms with Gasteiger partial charge in [0.15, 0.2) is 11.6 Å². The van der Waals surface area contributed by atoms with Gasteiger partial charge in [0.25, 0.3) is 0 Å². The molecule has 0 bridgehead atoms. The van der Waals surface area contributed by atoms with E-state index in [4.69, 9.17) is 10.3 Å². The molecule has 0 fully saturated rings. The summed E-state index contributed by atoms with van der Waals surface area (Å²) in [4.78, 5) is 2.21. The van der Waals surface area contributed by atoms with Gasteiger partial charge in [-0.3, -0.25) is 4.90 Å². The van der Waals surface area contributed by atoms with Crippen molar-refractivity contribution in [1.82, 2.24) is 10.1 Å². The first-order chi connectivity index (χ1) is 6.58. The Morgan fingerprint density at radius 1 is 1.57 bits per heavy atom. The summed E-state index contributed by atoms with van der Waals surface area (Å²) in [7, 11) is 2.07. The molecule has 4 heteroatoms. The van der Waals surface area contributed by atoms with Crippen LogP contribution in [0.3, 0.4) is 0 Å². The van der Waals surface area contributed by atoms with Crippen molar-refractivity contribution < 1.29 is 4.52 Å². The third-order valence-electron chi connectivity index (χ3n) is 2.09. The zero-order valence-corrected chi connectivity index (χ0v) is 9.16. The molecule has 14 heavy (non-hydrogen) atoms. The van der Waals surface area contributed by atoms with Crippen LogP contribution >= 0.6 is 0 Å². The highest BCUT2D eigenvalue weighted by molar-refractivity contribution is 5.26. The number of nitrogens with two attached hydrogens (primary N) is 1. The SMILES string of the molecule is CC(C)CCN(C)Cc1cc(N)no1. The minimum absolute atomic E-state index is 0.456. The van der Waals surface area contributed by atoms with E-state index >= 15 is 0 Å².